The van der Waals surface area contributed by atoms with Crippen LogP contribution in [0.1, 0.15) is 37.7 Å². The number of halogens is 1. The SMILES string of the molecule is O=C(O)CC[C@H](NC(=O)NCCCC[C@H](NC(=O)Cc1ccc(I)cc1)C(=O)O)C(=O)O. The number of carboxylic acid groups (broad SMARTS) is 3. The summed E-state index contributed by atoms with van der Waals surface area (Å²) in [5.41, 5.74) is 0.769. The normalized spacial score (nSPS) is 12.3. The van der Waals surface area contributed by atoms with Gasteiger partial charge >= 0.3 is 23.9 Å². The van der Waals surface area contributed by atoms with Gasteiger partial charge in [-0.3, -0.25) is 9.59 Å². The maximum absolute atomic E-state index is 12.1. The van der Waals surface area contributed by atoms with E-state index in [0.717, 1.165) is 9.13 Å². The Labute approximate surface area is 198 Å². The van der Waals surface area contributed by atoms with Crippen molar-refractivity contribution in [1.82, 2.24) is 16.0 Å². The summed E-state index contributed by atoms with van der Waals surface area (Å²) >= 11 is 2.14. The molecule has 12 heteroatoms. The summed E-state index contributed by atoms with van der Waals surface area (Å²) in [6.45, 7) is 0.153. The number of carboxylic acids is 3. The van der Waals surface area contributed by atoms with Gasteiger partial charge in [-0.1, -0.05) is 12.1 Å². The lowest BCUT2D eigenvalue weighted by Gasteiger charge is -2.16. The zero-order chi connectivity index (χ0) is 24.1. The number of amides is 3. The number of rotatable bonds is 14. The predicted octanol–water partition coefficient (Wildman–Crippen LogP) is 1.19. The highest BCUT2D eigenvalue weighted by molar-refractivity contribution is 14.1. The molecule has 11 nitrogen and oxygen atoms in total. The second kappa shape index (κ2) is 14.2. The summed E-state index contributed by atoms with van der Waals surface area (Å²) in [6, 6.07) is 4.15. The quantitative estimate of drug-likeness (QED) is 0.144. The Morgan fingerprint density at radius 1 is 0.844 bits per heavy atom. The molecular formula is C20H26IN3O8. The number of benzene rings is 1. The average Bonchev–Trinajstić information content (AvgIpc) is 2.71. The van der Waals surface area contributed by atoms with Crippen molar-refractivity contribution < 1.29 is 39.3 Å². The molecule has 0 aliphatic rings. The van der Waals surface area contributed by atoms with Crippen LogP contribution in [0.4, 0.5) is 4.79 Å². The first-order valence-corrected chi connectivity index (χ1v) is 10.9. The van der Waals surface area contributed by atoms with Gasteiger partial charge in [0.05, 0.1) is 6.42 Å². The van der Waals surface area contributed by atoms with Crippen LogP contribution >= 0.6 is 22.6 Å². The zero-order valence-corrected chi connectivity index (χ0v) is 19.3. The summed E-state index contributed by atoms with van der Waals surface area (Å²) in [5.74, 6) is -4.07. The van der Waals surface area contributed by atoms with Crippen LogP contribution in [0.15, 0.2) is 24.3 Å². The fourth-order valence-corrected chi connectivity index (χ4v) is 3.06. The van der Waals surface area contributed by atoms with Crippen molar-refractivity contribution in [3.05, 3.63) is 33.4 Å². The summed E-state index contributed by atoms with van der Waals surface area (Å²) in [4.78, 5) is 56.9. The van der Waals surface area contributed by atoms with E-state index in [1.165, 1.54) is 0 Å². The molecule has 0 radical (unpaired) electrons. The zero-order valence-electron chi connectivity index (χ0n) is 17.2. The number of carbonyl (C=O) groups is 5. The number of hydrogen-bond donors (Lipinski definition) is 6. The van der Waals surface area contributed by atoms with Crippen molar-refractivity contribution in [1.29, 1.82) is 0 Å². The average molecular weight is 563 g/mol. The van der Waals surface area contributed by atoms with E-state index in [-0.39, 0.29) is 25.8 Å². The van der Waals surface area contributed by atoms with E-state index < -0.39 is 48.4 Å². The first-order valence-electron chi connectivity index (χ1n) is 9.84. The molecule has 0 bridgehead atoms. The Balaban J connectivity index is 2.34. The Morgan fingerprint density at radius 3 is 2.00 bits per heavy atom. The summed E-state index contributed by atoms with van der Waals surface area (Å²) in [7, 11) is 0. The molecule has 0 saturated heterocycles. The number of aliphatic carboxylic acids is 3. The summed E-state index contributed by atoms with van der Waals surface area (Å²) in [5, 5.41) is 34.0. The molecule has 0 fully saturated rings. The van der Waals surface area contributed by atoms with Crippen molar-refractivity contribution in [2.45, 2.75) is 50.6 Å². The molecule has 2 atom stereocenters. The highest BCUT2D eigenvalue weighted by Crippen LogP contribution is 2.08. The largest absolute Gasteiger partial charge is 0.481 e. The lowest BCUT2D eigenvalue weighted by Crippen LogP contribution is -2.46. The van der Waals surface area contributed by atoms with Gasteiger partial charge in [-0.2, -0.15) is 0 Å². The molecule has 0 aromatic heterocycles. The van der Waals surface area contributed by atoms with Crippen molar-refractivity contribution >= 4 is 52.4 Å². The minimum absolute atomic E-state index is 0.0645. The molecule has 176 valence electrons. The summed E-state index contributed by atoms with van der Waals surface area (Å²) in [6.07, 6.45) is 0.366. The lowest BCUT2D eigenvalue weighted by molar-refractivity contribution is -0.142. The molecular weight excluding hydrogens is 537 g/mol. The fraction of sp³-hybridized carbons (Fsp3) is 0.450. The Morgan fingerprint density at radius 2 is 1.44 bits per heavy atom. The number of unbranched alkanes of at least 4 members (excludes halogenated alkanes) is 1. The van der Waals surface area contributed by atoms with Gasteiger partial charge in [0, 0.05) is 16.5 Å². The van der Waals surface area contributed by atoms with Crippen molar-refractivity contribution in [2.24, 2.45) is 0 Å². The van der Waals surface area contributed by atoms with Crippen LogP contribution in [0.3, 0.4) is 0 Å². The van der Waals surface area contributed by atoms with Gasteiger partial charge in [0.1, 0.15) is 12.1 Å². The van der Waals surface area contributed by atoms with E-state index in [4.69, 9.17) is 10.2 Å². The van der Waals surface area contributed by atoms with E-state index in [2.05, 4.69) is 38.5 Å². The van der Waals surface area contributed by atoms with Gasteiger partial charge in [0.25, 0.3) is 0 Å². The third-order valence-corrected chi connectivity index (χ3v) is 5.09. The van der Waals surface area contributed by atoms with Gasteiger partial charge < -0.3 is 31.3 Å². The van der Waals surface area contributed by atoms with Gasteiger partial charge in [0.15, 0.2) is 0 Å². The molecule has 6 N–H and O–H groups in total. The number of urea groups is 1. The van der Waals surface area contributed by atoms with E-state index in [1.807, 2.05) is 12.1 Å². The van der Waals surface area contributed by atoms with Crippen LogP contribution in [0.5, 0.6) is 0 Å². The smallest absolute Gasteiger partial charge is 0.326 e. The van der Waals surface area contributed by atoms with Gasteiger partial charge in [-0.15, -0.1) is 0 Å². The Bertz CT molecular complexity index is 816. The molecule has 0 aliphatic carbocycles. The van der Waals surface area contributed by atoms with E-state index in [0.29, 0.717) is 12.8 Å². The molecule has 3 amide bonds. The molecule has 0 saturated carbocycles. The van der Waals surface area contributed by atoms with Crippen molar-refractivity contribution in [2.75, 3.05) is 6.54 Å². The maximum atomic E-state index is 12.1. The molecule has 1 aromatic rings. The molecule has 0 aliphatic heterocycles. The van der Waals surface area contributed by atoms with Crippen LogP contribution in [0.2, 0.25) is 0 Å². The minimum Gasteiger partial charge on any atom is -0.481 e. The molecule has 1 aromatic carbocycles. The van der Waals surface area contributed by atoms with Crippen LogP contribution < -0.4 is 16.0 Å². The van der Waals surface area contributed by atoms with Gasteiger partial charge in [0.2, 0.25) is 5.91 Å². The first-order chi connectivity index (χ1) is 15.1. The third kappa shape index (κ3) is 11.5. The molecule has 0 heterocycles. The molecule has 0 unspecified atom stereocenters. The van der Waals surface area contributed by atoms with Crippen LogP contribution in [-0.2, 0) is 25.6 Å². The molecule has 1 rings (SSSR count). The van der Waals surface area contributed by atoms with Crippen molar-refractivity contribution in [3.63, 3.8) is 0 Å². The van der Waals surface area contributed by atoms with E-state index in [1.54, 1.807) is 12.1 Å². The second-order valence-corrected chi connectivity index (χ2v) is 8.23. The minimum atomic E-state index is -1.34. The Hall–Kier alpha value is -2.90. The van der Waals surface area contributed by atoms with Gasteiger partial charge in [-0.05, 0) is 66.0 Å². The fourth-order valence-electron chi connectivity index (χ4n) is 2.70. The molecule has 0 spiro atoms. The van der Waals surface area contributed by atoms with Gasteiger partial charge in [-0.25, -0.2) is 14.4 Å². The lowest BCUT2D eigenvalue weighted by atomic mass is 10.1. The van der Waals surface area contributed by atoms with Crippen molar-refractivity contribution in [3.8, 4) is 0 Å². The third-order valence-electron chi connectivity index (χ3n) is 4.37. The highest BCUT2D eigenvalue weighted by Gasteiger charge is 2.21. The summed E-state index contributed by atoms with van der Waals surface area (Å²) < 4.78 is 1.02. The second-order valence-electron chi connectivity index (χ2n) is 6.98. The first kappa shape index (κ1) is 27.1. The van der Waals surface area contributed by atoms with Crippen LogP contribution in [0, 0.1) is 3.57 Å². The topological polar surface area (TPSA) is 182 Å². The number of hydrogen-bond acceptors (Lipinski definition) is 5. The van der Waals surface area contributed by atoms with E-state index >= 15 is 0 Å². The maximum Gasteiger partial charge on any atom is 0.326 e. The number of nitrogens with one attached hydrogen (secondary N) is 3. The molecule has 32 heavy (non-hydrogen) atoms. The van der Waals surface area contributed by atoms with Crippen LogP contribution in [0.25, 0.3) is 0 Å². The predicted molar refractivity (Wildman–Crippen MR) is 121 cm³/mol. The Kier molecular flexibility index (Phi) is 12.1. The number of carbonyl (C=O) groups excluding carboxylic acids is 2. The van der Waals surface area contributed by atoms with Crippen LogP contribution in [-0.4, -0.2) is 63.8 Å². The monoisotopic (exact) mass is 563 g/mol. The standard InChI is InChI=1S/C20H26IN3O8/c21-13-6-4-12(5-7-13)11-16(25)23-14(18(28)29)3-1-2-10-22-20(32)24-15(19(30)31)8-9-17(26)27/h4-7,14-15H,1-3,8-11H2,(H,23,25)(H,26,27)(H,28,29)(H,30,31)(H2,22,24,32)/t14-,15-/m0/s1. The highest BCUT2D eigenvalue weighted by atomic mass is 127. The van der Waals surface area contributed by atoms with E-state index in [9.17, 15) is 29.1 Å².